The number of aryl methyl sites for hydroxylation is 2. The van der Waals surface area contributed by atoms with Gasteiger partial charge in [0.2, 0.25) is 0 Å². The fourth-order valence-electron chi connectivity index (χ4n) is 2.10. The highest BCUT2D eigenvalue weighted by Crippen LogP contribution is 2.25. The van der Waals surface area contributed by atoms with Gasteiger partial charge in [-0.25, -0.2) is 0 Å². The molecule has 0 aromatic heterocycles. The molecule has 3 N–H and O–H groups in total. The predicted octanol–water partition coefficient (Wildman–Crippen LogP) is 3.15. The molecule has 2 aromatic carbocycles. The number of nitrogens with one attached hydrogen (secondary N) is 1. The zero-order valence-corrected chi connectivity index (χ0v) is 11.9. The Bertz CT molecular complexity index is 610. The van der Waals surface area contributed by atoms with Crippen LogP contribution in [0, 0.1) is 13.8 Å². The number of nitrogen functional groups attached to an aromatic ring is 1. The van der Waals surface area contributed by atoms with Crippen molar-refractivity contribution >= 4 is 17.3 Å². The Kier molecular flexibility index (Phi) is 3.94. The first kappa shape index (κ1) is 13.9. The van der Waals surface area contributed by atoms with Crippen molar-refractivity contribution in [1.29, 1.82) is 0 Å². The highest BCUT2D eigenvalue weighted by Gasteiger charge is 2.10. The third-order valence-corrected chi connectivity index (χ3v) is 3.10. The van der Waals surface area contributed by atoms with Gasteiger partial charge in [-0.2, -0.15) is 0 Å². The van der Waals surface area contributed by atoms with Gasteiger partial charge in [-0.05, 0) is 55.3 Å². The van der Waals surface area contributed by atoms with Crippen LogP contribution in [0.5, 0.6) is 5.75 Å². The molecule has 2 rings (SSSR count). The SMILES string of the molecule is COc1ccc(C(=O)Nc2c(C)cc(C)cc2N)cc1. The number of nitrogens with two attached hydrogens (primary N) is 1. The van der Waals surface area contributed by atoms with Gasteiger partial charge in [0.05, 0.1) is 18.5 Å². The maximum absolute atomic E-state index is 12.2. The van der Waals surface area contributed by atoms with E-state index >= 15 is 0 Å². The molecular formula is C16H18N2O2. The van der Waals surface area contributed by atoms with Crippen LogP contribution in [0.4, 0.5) is 11.4 Å². The fourth-order valence-corrected chi connectivity index (χ4v) is 2.10. The van der Waals surface area contributed by atoms with Gasteiger partial charge in [0, 0.05) is 5.56 Å². The van der Waals surface area contributed by atoms with E-state index in [1.807, 2.05) is 26.0 Å². The smallest absolute Gasteiger partial charge is 0.255 e. The fraction of sp³-hybridized carbons (Fsp3) is 0.188. The average molecular weight is 270 g/mol. The van der Waals surface area contributed by atoms with E-state index in [4.69, 9.17) is 10.5 Å². The first-order valence-electron chi connectivity index (χ1n) is 6.33. The summed E-state index contributed by atoms with van der Waals surface area (Å²) in [6.45, 7) is 3.89. The molecular weight excluding hydrogens is 252 g/mol. The number of hydrogen-bond donors (Lipinski definition) is 2. The summed E-state index contributed by atoms with van der Waals surface area (Å²) in [5, 5.41) is 2.85. The summed E-state index contributed by atoms with van der Waals surface area (Å²) in [7, 11) is 1.59. The first-order valence-corrected chi connectivity index (χ1v) is 6.33. The Labute approximate surface area is 118 Å². The van der Waals surface area contributed by atoms with Crippen molar-refractivity contribution in [3.05, 3.63) is 53.1 Å². The molecule has 0 aliphatic carbocycles. The Morgan fingerprint density at radius 2 is 1.80 bits per heavy atom. The minimum Gasteiger partial charge on any atom is -0.497 e. The van der Waals surface area contributed by atoms with Crippen molar-refractivity contribution in [2.45, 2.75) is 13.8 Å². The minimum atomic E-state index is -0.189. The van der Waals surface area contributed by atoms with Crippen LogP contribution < -0.4 is 15.8 Å². The largest absolute Gasteiger partial charge is 0.497 e. The second-order valence-electron chi connectivity index (χ2n) is 4.73. The third-order valence-electron chi connectivity index (χ3n) is 3.10. The second-order valence-corrected chi connectivity index (χ2v) is 4.73. The molecule has 0 saturated carbocycles. The normalized spacial score (nSPS) is 10.2. The number of benzene rings is 2. The summed E-state index contributed by atoms with van der Waals surface area (Å²) in [6, 6.07) is 10.8. The van der Waals surface area contributed by atoms with E-state index in [1.54, 1.807) is 31.4 Å². The molecule has 0 spiro atoms. The summed E-state index contributed by atoms with van der Waals surface area (Å²) in [4.78, 5) is 12.2. The van der Waals surface area contributed by atoms with E-state index in [9.17, 15) is 4.79 Å². The Hall–Kier alpha value is -2.49. The minimum absolute atomic E-state index is 0.189. The predicted molar refractivity (Wildman–Crippen MR) is 81.3 cm³/mol. The molecule has 0 radical (unpaired) electrons. The van der Waals surface area contributed by atoms with Crippen LogP contribution in [-0.2, 0) is 0 Å². The highest BCUT2D eigenvalue weighted by atomic mass is 16.5. The number of anilines is 2. The van der Waals surface area contributed by atoms with Crippen LogP contribution in [0.3, 0.4) is 0 Å². The topological polar surface area (TPSA) is 64.3 Å². The van der Waals surface area contributed by atoms with Gasteiger partial charge >= 0.3 is 0 Å². The van der Waals surface area contributed by atoms with Crippen molar-refractivity contribution in [2.24, 2.45) is 0 Å². The van der Waals surface area contributed by atoms with E-state index in [-0.39, 0.29) is 5.91 Å². The Morgan fingerprint density at radius 1 is 1.15 bits per heavy atom. The third kappa shape index (κ3) is 2.91. The molecule has 4 nitrogen and oxygen atoms in total. The lowest BCUT2D eigenvalue weighted by molar-refractivity contribution is 0.102. The monoisotopic (exact) mass is 270 g/mol. The average Bonchev–Trinajstić information content (AvgIpc) is 2.42. The summed E-state index contributed by atoms with van der Waals surface area (Å²) in [5.74, 6) is 0.527. The molecule has 2 aromatic rings. The van der Waals surface area contributed by atoms with Crippen molar-refractivity contribution in [3.8, 4) is 5.75 Å². The number of carbonyl (C=O) groups is 1. The molecule has 0 bridgehead atoms. The molecule has 0 aliphatic rings. The van der Waals surface area contributed by atoms with Crippen molar-refractivity contribution in [2.75, 3.05) is 18.2 Å². The molecule has 4 heteroatoms. The maximum Gasteiger partial charge on any atom is 0.255 e. The van der Waals surface area contributed by atoms with Gasteiger partial charge in [0.25, 0.3) is 5.91 Å². The first-order chi connectivity index (χ1) is 9.51. The summed E-state index contributed by atoms with van der Waals surface area (Å²) in [5.41, 5.74) is 9.78. The highest BCUT2D eigenvalue weighted by molar-refractivity contribution is 6.06. The molecule has 1 amide bonds. The zero-order valence-electron chi connectivity index (χ0n) is 11.9. The molecule has 0 heterocycles. The van der Waals surface area contributed by atoms with Gasteiger partial charge in [-0.15, -0.1) is 0 Å². The Morgan fingerprint density at radius 3 is 2.35 bits per heavy atom. The van der Waals surface area contributed by atoms with E-state index in [0.717, 1.165) is 11.1 Å². The van der Waals surface area contributed by atoms with E-state index < -0.39 is 0 Å². The lowest BCUT2D eigenvalue weighted by Crippen LogP contribution is -2.14. The van der Waals surface area contributed by atoms with Gasteiger partial charge < -0.3 is 15.8 Å². The van der Waals surface area contributed by atoms with E-state index in [0.29, 0.717) is 22.7 Å². The van der Waals surface area contributed by atoms with Crippen molar-refractivity contribution < 1.29 is 9.53 Å². The van der Waals surface area contributed by atoms with Crippen LogP contribution in [0.2, 0.25) is 0 Å². The molecule has 0 saturated heterocycles. The number of amides is 1. The Balaban J connectivity index is 2.23. The second kappa shape index (κ2) is 5.65. The lowest BCUT2D eigenvalue weighted by atomic mass is 10.1. The number of carbonyl (C=O) groups excluding carboxylic acids is 1. The van der Waals surface area contributed by atoms with Gasteiger partial charge in [-0.3, -0.25) is 4.79 Å². The molecule has 0 fully saturated rings. The zero-order chi connectivity index (χ0) is 14.7. The van der Waals surface area contributed by atoms with Crippen LogP contribution in [0.1, 0.15) is 21.5 Å². The van der Waals surface area contributed by atoms with Crippen molar-refractivity contribution in [1.82, 2.24) is 0 Å². The number of rotatable bonds is 3. The number of hydrogen-bond acceptors (Lipinski definition) is 3. The van der Waals surface area contributed by atoms with Crippen LogP contribution in [0.25, 0.3) is 0 Å². The van der Waals surface area contributed by atoms with Crippen LogP contribution >= 0.6 is 0 Å². The van der Waals surface area contributed by atoms with Gasteiger partial charge in [-0.1, -0.05) is 6.07 Å². The summed E-state index contributed by atoms with van der Waals surface area (Å²) in [6.07, 6.45) is 0. The van der Waals surface area contributed by atoms with Crippen LogP contribution in [0.15, 0.2) is 36.4 Å². The molecule has 0 aliphatic heterocycles. The number of methoxy groups -OCH3 is 1. The standard InChI is InChI=1S/C16H18N2O2/c1-10-8-11(2)15(14(17)9-10)18-16(19)12-4-6-13(20-3)7-5-12/h4-9H,17H2,1-3H3,(H,18,19). The summed E-state index contributed by atoms with van der Waals surface area (Å²) >= 11 is 0. The van der Waals surface area contributed by atoms with Crippen molar-refractivity contribution in [3.63, 3.8) is 0 Å². The van der Waals surface area contributed by atoms with Gasteiger partial charge in [0.1, 0.15) is 5.75 Å². The van der Waals surface area contributed by atoms with Crippen LogP contribution in [-0.4, -0.2) is 13.0 Å². The summed E-state index contributed by atoms with van der Waals surface area (Å²) < 4.78 is 5.07. The van der Waals surface area contributed by atoms with E-state index in [2.05, 4.69) is 5.32 Å². The van der Waals surface area contributed by atoms with E-state index in [1.165, 1.54) is 0 Å². The maximum atomic E-state index is 12.2. The number of ether oxygens (including phenoxy) is 1. The molecule has 0 unspecified atom stereocenters. The molecule has 104 valence electrons. The molecule has 20 heavy (non-hydrogen) atoms. The quantitative estimate of drug-likeness (QED) is 0.842. The molecule has 0 atom stereocenters. The lowest BCUT2D eigenvalue weighted by Gasteiger charge is -2.12. The van der Waals surface area contributed by atoms with Gasteiger partial charge in [0.15, 0.2) is 0 Å².